The van der Waals surface area contributed by atoms with Crippen LogP contribution in [0.1, 0.15) is 32.6 Å². The maximum Gasteiger partial charge on any atom is 0.230 e. The van der Waals surface area contributed by atoms with Gasteiger partial charge < -0.3 is 9.88 Å². The van der Waals surface area contributed by atoms with Gasteiger partial charge in [0.25, 0.3) is 0 Å². The van der Waals surface area contributed by atoms with Crippen LogP contribution in [0.3, 0.4) is 0 Å². The topological polar surface area (TPSA) is 59.8 Å². The molecule has 0 aliphatic heterocycles. The summed E-state index contributed by atoms with van der Waals surface area (Å²) in [5.41, 5.74) is 0.786. The lowest BCUT2D eigenvalue weighted by atomic mass is 9.95. The largest absolute Gasteiger partial charge is 0.352 e. The molecule has 144 valence electrons. The Morgan fingerprint density at radius 1 is 1.30 bits per heavy atom. The van der Waals surface area contributed by atoms with Crippen molar-refractivity contribution in [3.8, 4) is 11.4 Å². The molecule has 2 aliphatic rings. The maximum absolute atomic E-state index is 12.4. The van der Waals surface area contributed by atoms with Crippen LogP contribution < -0.4 is 5.32 Å². The molecule has 1 N–H and O–H groups in total. The first kappa shape index (κ1) is 19.1. The first-order chi connectivity index (χ1) is 13.0. The Morgan fingerprint density at radius 2 is 2.15 bits per heavy atom. The summed E-state index contributed by atoms with van der Waals surface area (Å²) >= 11 is 13.7. The van der Waals surface area contributed by atoms with Gasteiger partial charge in [0, 0.05) is 23.2 Å². The minimum atomic E-state index is 0.0780. The Bertz CT molecular complexity index is 856. The van der Waals surface area contributed by atoms with Gasteiger partial charge >= 0.3 is 0 Å². The van der Waals surface area contributed by atoms with E-state index < -0.39 is 0 Å². The quantitative estimate of drug-likeness (QED) is 0.684. The molecule has 27 heavy (non-hydrogen) atoms. The number of nitrogens with one attached hydrogen (secondary N) is 1. The first-order valence-electron chi connectivity index (χ1n) is 9.36. The third kappa shape index (κ3) is 3.98. The molecule has 2 saturated carbocycles. The van der Waals surface area contributed by atoms with Crippen molar-refractivity contribution in [3.63, 3.8) is 0 Å². The van der Waals surface area contributed by atoms with Crippen molar-refractivity contribution in [1.82, 2.24) is 20.1 Å². The molecule has 0 spiro atoms. The van der Waals surface area contributed by atoms with Gasteiger partial charge in [-0.15, -0.1) is 10.2 Å². The summed E-state index contributed by atoms with van der Waals surface area (Å²) in [7, 11) is 0. The highest BCUT2D eigenvalue weighted by molar-refractivity contribution is 7.99. The lowest BCUT2D eigenvalue weighted by molar-refractivity contribution is -0.119. The van der Waals surface area contributed by atoms with E-state index >= 15 is 0 Å². The van der Waals surface area contributed by atoms with Gasteiger partial charge in [-0.05, 0) is 56.2 Å². The number of halogens is 2. The highest BCUT2D eigenvalue weighted by atomic mass is 35.5. The second-order valence-corrected chi connectivity index (χ2v) is 9.10. The fourth-order valence-corrected chi connectivity index (χ4v) is 5.66. The average molecular weight is 425 g/mol. The minimum Gasteiger partial charge on any atom is -0.352 e. The minimum absolute atomic E-state index is 0.0780. The summed E-state index contributed by atoms with van der Waals surface area (Å²) in [6, 6.07) is 5.69. The van der Waals surface area contributed by atoms with E-state index in [9.17, 15) is 4.79 Å². The lowest BCUT2D eigenvalue weighted by Gasteiger charge is -2.22. The van der Waals surface area contributed by atoms with E-state index in [-0.39, 0.29) is 5.91 Å². The van der Waals surface area contributed by atoms with Crippen molar-refractivity contribution >= 4 is 40.9 Å². The summed E-state index contributed by atoms with van der Waals surface area (Å²) in [6.45, 7) is 2.72. The third-order valence-electron chi connectivity index (χ3n) is 5.62. The van der Waals surface area contributed by atoms with Crippen LogP contribution in [-0.4, -0.2) is 32.5 Å². The number of carbonyl (C=O) groups excluding carboxylic acids is 1. The SMILES string of the molecule is CCn1c(SCC(=O)N[C@@H]2C[C@H]3CC[C@H]2C3)nnc1-c1ccc(Cl)cc1Cl. The number of hydrogen-bond donors (Lipinski definition) is 1. The molecule has 1 heterocycles. The third-order valence-corrected chi connectivity index (χ3v) is 7.14. The van der Waals surface area contributed by atoms with Crippen LogP contribution >= 0.6 is 35.0 Å². The Hall–Kier alpha value is -1.24. The van der Waals surface area contributed by atoms with Gasteiger partial charge in [0.05, 0.1) is 10.8 Å². The van der Waals surface area contributed by atoms with E-state index in [0.717, 1.165) is 23.1 Å². The number of benzene rings is 1. The molecule has 1 aromatic carbocycles. The highest BCUT2D eigenvalue weighted by Gasteiger charge is 2.40. The molecule has 2 aromatic rings. The molecule has 1 amide bonds. The summed E-state index contributed by atoms with van der Waals surface area (Å²) in [5.74, 6) is 2.62. The van der Waals surface area contributed by atoms with Crippen molar-refractivity contribution < 1.29 is 4.79 Å². The lowest BCUT2D eigenvalue weighted by Crippen LogP contribution is -2.39. The van der Waals surface area contributed by atoms with E-state index in [1.165, 1.54) is 31.0 Å². The second kappa shape index (κ2) is 8.02. The summed E-state index contributed by atoms with van der Waals surface area (Å²) < 4.78 is 1.98. The molecular weight excluding hydrogens is 403 g/mol. The maximum atomic E-state index is 12.4. The molecule has 0 saturated heterocycles. The average Bonchev–Trinajstić information content (AvgIpc) is 3.35. The van der Waals surface area contributed by atoms with Gasteiger partial charge in [-0.2, -0.15) is 0 Å². The predicted molar refractivity (Wildman–Crippen MR) is 109 cm³/mol. The number of hydrogen-bond acceptors (Lipinski definition) is 4. The zero-order valence-corrected chi connectivity index (χ0v) is 17.4. The van der Waals surface area contributed by atoms with Gasteiger partial charge in [0.15, 0.2) is 11.0 Å². The van der Waals surface area contributed by atoms with Gasteiger partial charge in [0.1, 0.15) is 0 Å². The van der Waals surface area contributed by atoms with Crippen molar-refractivity contribution in [2.24, 2.45) is 11.8 Å². The van der Waals surface area contributed by atoms with E-state index in [2.05, 4.69) is 15.5 Å². The molecule has 8 heteroatoms. The Kier molecular flexibility index (Phi) is 5.67. The van der Waals surface area contributed by atoms with Gasteiger partial charge in [-0.1, -0.05) is 41.4 Å². The van der Waals surface area contributed by atoms with Crippen LogP contribution in [0.4, 0.5) is 0 Å². The van der Waals surface area contributed by atoms with Crippen LogP contribution in [0.2, 0.25) is 10.0 Å². The van der Waals surface area contributed by atoms with Crippen LogP contribution in [0.5, 0.6) is 0 Å². The monoisotopic (exact) mass is 424 g/mol. The molecule has 0 radical (unpaired) electrons. The predicted octanol–water partition coefficient (Wildman–Crippen LogP) is 4.67. The molecule has 2 bridgehead atoms. The zero-order chi connectivity index (χ0) is 19.0. The number of amides is 1. The first-order valence-corrected chi connectivity index (χ1v) is 11.1. The molecule has 5 nitrogen and oxygen atoms in total. The van der Waals surface area contributed by atoms with Gasteiger partial charge in [-0.25, -0.2) is 0 Å². The Balaban J connectivity index is 1.42. The molecule has 3 atom stereocenters. The number of nitrogens with zero attached hydrogens (tertiary/aromatic N) is 3. The van der Waals surface area contributed by atoms with Crippen LogP contribution in [0.25, 0.3) is 11.4 Å². The Labute approximate surface area is 173 Å². The van der Waals surface area contributed by atoms with Crippen LogP contribution in [0.15, 0.2) is 23.4 Å². The van der Waals surface area contributed by atoms with Crippen molar-refractivity contribution in [3.05, 3.63) is 28.2 Å². The van der Waals surface area contributed by atoms with Crippen molar-refractivity contribution in [2.45, 2.75) is 50.4 Å². The molecule has 1 aromatic heterocycles. The van der Waals surface area contributed by atoms with Gasteiger partial charge in [-0.3, -0.25) is 4.79 Å². The van der Waals surface area contributed by atoms with Crippen molar-refractivity contribution in [1.29, 1.82) is 0 Å². The summed E-state index contributed by atoms with van der Waals surface area (Å²) in [5, 5.41) is 13.6. The number of fused-ring (bicyclic) bond motifs is 2. The molecule has 0 unspecified atom stereocenters. The normalized spacial score (nSPS) is 23.7. The van der Waals surface area contributed by atoms with Crippen LogP contribution in [0, 0.1) is 11.8 Å². The number of rotatable bonds is 6. The fraction of sp³-hybridized carbons (Fsp3) is 0.526. The Morgan fingerprint density at radius 3 is 2.81 bits per heavy atom. The van der Waals surface area contributed by atoms with Crippen molar-refractivity contribution in [2.75, 3.05) is 5.75 Å². The molecule has 4 rings (SSSR count). The van der Waals surface area contributed by atoms with E-state index in [1.807, 2.05) is 17.6 Å². The highest BCUT2D eigenvalue weighted by Crippen LogP contribution is 2.44. The number of thioether (sulfide) groups is 1. The molecule has 2 fully saturated rings. The standard InChI is InChI=1S/C19H22Cl2N4OS/c1-2-25-18(14-6-5-13(20)9-15(14)21)23-24-19(25)27-10-17(26)22-16-8-11-3-4-12(16)7-11/h5-6,9,11-12,16H,2-4,7-8,10H2,1H3,(H,22,26)/t11-,12-,16+/m0/s1. The molecule has 2 aliphatic carbocycles. The molecular formula is C19H22Cl2N4OS. The van der Waals surface area contributed by atoms with E-state index in [0.29, 0.717) is 40.1 Å². The summed E-state index contributed by atoms with van der Waals surface area (Å²) in [4.78, 5) is 12.4. The van der Waals surface area contributed by atoms with Crippen LogP contribution in [-0.2, 0) is 11.3 Å². The summed E-state index contributed by atoms with van der Waals surface area (Å²) in [6.07, 6.45) is 5.03. The zero-order valence-electron chi connectivity index (χ0n) is 15.1. The number of aromatic nitrogens is 3. The fourth-order valence-electron chi connectivity index (χ4n) is 4.35. The smallest absolute Gasteiger partial charge is 0.230 e. The van der Waals surface area contributed by atoms with E-state index in [4.69, 9.17) is 23.2 Å². The van der Waals surface area contributed by atoms with Gasteiger partial charge in [0.2, 0.25) is 5.91 Å². The second-order valence-electron chi connectivity index (χ2n) is 7.31. The number of carbonyl (C=O) groups is 1. The van der Waals surface area contributed by atoms with E-state index in [1.54, 1.807) is 12.1 Å².